The molecule has 0 spiro atoms. The van der Waals surface area contributed by atoms with Crippen molar-refractivity contribution in [3.63, 3.8) is 0 Å². The topological polar surface area (TPSA) is 105 Å². The van der Waals surface area contributed by atoms with Gasteiger partial charge in [-0.3, -0.25) is 9.78 Å². The van der Waals surface area contributed by atoms with E-state index < -0.39 is 5.97 Å². The number of carboxylic acids is 1. The zero-order chi connectivity index (χ0) is 17.6. The van der Waals surface area contributed by atoms with E-state index in [-0.39, 0.29) is 18.0 Å². The number of rotatable bonds is 5. The molecule has 0 saturated carbocycles. The van der Waals surface area contributed by atoms with Crippen LogP contribution in [0.2, 0.25) is 0 Å². The van der Waals surface area contributed by atoms with Gasteiger partial charge in [-0.25, -0.2) is 14.8 Å². The molecule has 124 valence electrons. The normalized spacial score (nSPS) is 10.2. The van der Waals surface area contributed by atoms with Crippen LogP contribution in [0.15, 0.2) is 61.1 Å². The van der Waals surface area contributed by atoms with Gasteiger partial charge < -0.3 is 10.4 Å². The Morgan fingerprint density at radius 1 is 0.960 bits per heavy atom. The molecule has 0 fully saturated rings. The predicted octanol–water partition coefficient (Wildman–Crippen LogP) is 2.17. The first-order valence-corrected chi connectivity index (χ1v) is 7.48. The average Bonchev–Trinajstić information content (AvgIpc) is 2.67. The van der Waals surface area contributed by atoms with Crippen LogP contribution in [-0.2, 0) is 6.54 Å². The number of nitrogens with zero attached hydrogens (tertiary/aromatic N) is 3. The third-order valence-electron chi connectivity index (χ3n) is 3.48. The molecule has 25 heavy (non-hydrogen) atoms. The lowest BCUT2D eigenvalue weighted by Gasteiger charge is -2.07. The van der Waals surface area contributed by atoms with Crippen LogP contribution < -0.4 is 5.32 Å². The molecule has 0 atom stereocenters. The number of aromatic carboxylic acids is 1. The molecular weight excluding hydrogens is 320 g/mol. The highest BCUT2D eigenvalue weighted by atomic mass is 16.4. The third kappa shape index (κ3) is 3.84. The van der Waals surface area contributed by atoms with E-state index >= 15 is 0 Å². The summed E-state index contributed by atoms with van der Waals surface area (Å²) < 4.78 is 0. The fourth-order valence-corrected chi connectivity index (χ4v) is 2.25. The smallest absolute Gasteiger partial charge is 0.336 e. The number of carboxylic acid groups (broad SMARTS) is 1. The van der Waals surface area contributed by atoms with Crippen molar-refractivity contribution >= 4 is 11.9 Å². The van der Waals surface area contributed by atoms with Crippen molar-refractivity contribution in [1.82, 2.24) is 20.3 Å². The molecule has 3 aromatic rings. The van der Waals surface area contributed by atoms with E-state index in [2.05, 4.69) is 20.3 Å². The number of hydrogen-bond donors (Lipinski definition) is 2. The number of carbonyl (C=O) groups excluding carboxylic acids is 1. The first-order chi connectivity index (χ1) is 12.1. The molecule has 7 heteroatoms. The Balaban J connectivity index is 1.71. The Bertz CT molecular complexity index is 896. The minimum absolute atomic E-state index is 0.149. The Labute approximate surface area is 143 Å². The van der Waals surface area contributed by atoms with Gasteiger partial charge >= 0.3 is 5.97 Å². The second kappa shape index (κ2) is 7.31. The maximum Gasteiger partial charge on any atom is 0.336 e. The Kier molecular flexibility index (Phi) is 4.75. The molecule has 0 aliphatic rings. The van der Waals surface area contributed by atoms with Gasteiger partial charge in [-0.2, -0.15) is 0 Å². The van der Waals surface area contributed by atoms with E-state index in [9.17, 15) is 14.7 Å². The highest BCUT2D eigenvalue weighted by Crippen LogP contribution is 2.22. The van der Waals surface area contributed by atoms with Gasteiger partial charge in [0.25, 0.3) is 5.91 Å². The summed E-state index contributed by atoms with van der Waals surface area (Å²) in [7, 11) is 0. The van der Waals surface area contributed by atoms with E-state index in [1.807, 2.05) is 0 Å². The molecule has 0 bridgehead atoms. The van der Waals surface area contributed by atoms with Gasteiger partial charge in [0, 0.05) is 24.2 Å². The molecule has 1 aromatic carbocycles. The number of nitrogens with one attached hydrogen (secondary N) is 1. The minimum atomic E-state index is -1.01. The average molecular weight is 334 g/mol. The molecule has 0 aliphatic carbocycles. The quantitative estimate of drug-likeness (QED) is 0.741. The Morgan fingerprint density at radius 3 is 2.36 bits per heavy atom. The first-order valence-electron chi connectivity index (χ1n) is 7.48. The molecule has 0 saturated heterocycles. The summed E-state index contributed by atoms with van der Waals surface area (Å²) in [6, 6.07) is 11.7. The van der Waals surface area contributed by atoms with Gasteiger partial charge in [0.05, 0.1) is 12.1 Å². The third-order valence-corrected chi connectivity index (χ3v) is 3.48. The molecule has 3 rings (SSSR count). The molecule has 0 unspecified atom stereocenters. The lowest BCUT2D eigenvalue weighted by atomic mass is 10.0. The number of amides is 1. The highest BCUT2D eigenvalue weighted by Gasteiger charge is 2.12. The van der Waals surface area contributed by atoms with Crippen molar-refractivity contribution < 1.29 is 14.7 Å². The summed E-state index contributed by atoms with van der Waals surface area (Å²) in [6.07, 6.45) is 4.62. The van der Waals surface area contributed by atoms with Gasteiger partial charge in [-0.15, -0.1) is 0 Å². The van der Waals surface area contributed by atoms with Crippen LogP contribution in [0.1, 0.15) is 26.7 Å². The molecule has 7 nitrogen and oxygen atoms in total. The SMILES string of the molecule is O=C(NCc1ncc(-c2ccccc2C(=O)O)cn1)c1ccccn1. The molecule has 0 aliphatic heterocycles. The van der Waals surface area contributed by atoms with Gasteiger partial charge in [-0.05, 0) is 23.8 Å². The van der Waals surface area contributed by atoms with E-state index in [1.165, 1.54) is 18.5 Å². The van der Waals surface area contributed by atoms with Gasteiger partial charge in [0.1, 0.15) is 11.5 Å². The van der Waals surface area contributed by atoms with E-state index in [0.717, 1.165) is 0 Å². The summed E-state index contributed by atoms with van der Waals surface area (Å²) in [5.41, 5.74) is 1.63. The zero-order valence-corrected chi connectivity index (χ0v) is 13.1. The number of carbonyl (C=O) groups is 2. The number of hydrogen-bond acceptors (Lipinski definition) is 5. The van der Waals surface area contributed by atoms with Crippen LogP contribution in [0.25, 0.3) is 11.1 Å². The molecule has 2 heterocycles. The highest BCUT2D eigenvalue weighted by molar-refractivity contribution is 5.95. The number of pyridine rings is 1. The van der Waals surface area contributed by atoms with Gasteiger partial charge in [0.15, 0.2) is 0 Å². The maximum absolute atomic E-state index is 11.9. The molecule has 2 N–H and O–H groups in total. The van der Waals surface area contributed by atoms with Crippen LogP contribution >= 0.6 is 0 Å². The Morgan fingerprint density at radius 2 is 1.68 bits per heavy atom. The monoisotopic (exact) mass is 334 g/mol. The van der Waals surface area contributed by atoms with Crippen LogP contribution in [0.5, 0.6) is 0 Å². The Hall–Kier alpha value is -3.61. The molecule has 2 aromatic heterocycles. The second-order valence-corrected chi connectivity index (χ2v) is 5.14. The number of benzene rings is 1. The zero-order valence-electron chi connectivity index (χ0n) is 13.1. The predicted molar refractivity (Wildman–Crippen MR) is 89.8 cm³/mol. The summed E-state index contributed by atoms with van der Waals surface area (Å²) in [5, 5.41) is 11.9. The van der Waals surface area contributed by atoms with Crippen molar-refractivity contribution in [2.45, 2.75) is 6.54 Å². The fourth-order valence-electron chi connectivity index (χ4n) is 2.25. The summed E-state index contributed by atoms with van der Waals surface area (Å²) in [6.45, 7) is 0.149. The number of aromatic nitrogens is 3. The minimum Gasteiger partial charge on any atom is -0.478 e. The van der Waals surface area contributed by atoms with Crippen LogP contribution in [0.3, 0.4) is 0 Å². The maximum atomic E-state index is 11.9. The first kappa shape index (κ1) is 16.3. The lowest BCUT2D eigenvalue weighted by Crippen LogP contribution is -2.24. The van der Waals surface area contributed by atoms with Crippen molar-refractivity contribution in [3.8, 4) is 11.1 Å². The summed E-state index contributed by atoms with van der Waals surface area (Å²) in [4.78, 5) is 35.5. The van der Waals surface area contributed by atoms with Crippen LogP contribution in [0.4, 0.5) is 0 Å². The standard InChI is InChI=1S/C18H14N4O3/c23-17(15-7-3-4-8-19-15)22-11-16-20-9-12(10-21-16)13-5-1-2-6-14(13)18(24)25/h1-10H,11H2,(H,22,23)(H,24,25). The largest absolute Gasteiger partial charge is 0.478 e. The van der Waals surface area contributed by atoms with Crippen LogP contribution in [0, 0.1) is 0 Å². The lowest BCUT2D eigenvalue weighted by molar-refractivity contribution is 0.0697. The van der Waals surface area contributed by atoms with Crippen molar-refractivity contribution in [2.75, 3.05) is 0 Å². The van der Waals surface area contributed by atoms with Crippen molar-refractivity contribution in [3.05, 3.63) is 78.1 Å². The van der Waals surface area contributed by atoms with Crippen LogP contribution in [-0.4, -0.2) is 31.9 Å². The van der Waals surface area contributed by atoms with Gasteiger partial charge in [0.2, 0.25) is 0 Å². The van der Waals surface area contributed by atoms with Gasteiger partial charge in [-0.1, -0.05) is 24.3 Å². The summed E-state index contributed by atoms with van der Waals surface area (Å²) in [5.74, 6) is -0.910. The fraction of sp³-hybridized carbons (Fsp3) is 0.0556. The molecule has 1 amide bonds. The van der Waals surface area contributed by atoms with Crippen molar-refractivity contribution in [2.24, 2.45) is 0 Å². The van der Waals surface area contributed by atoms with Crippen molar-refractivity contribution in [1.29, 1.82) is 0 Å². The van der Waals surface area contributed by atoms with E-state index in [1.54, 1.807) is 42.6 Å². The van der Waals surface area contributed by atoms with E-state index in [4.69, 9.17) is 0 Å². The second-order valence-electron chi connectivity index (χ2n) is 5.14. The molecule has 0 radical (unpaired) electrons. The molecular formula is C18H14N4O3. The van der Waals surface area contributed by atoms with E-state index in [0.29, 0.717) is 22.6 Å². The summed E-state index contributed by atoms with van der Waals surface area (Å²) >= 11 is 0.